The molecule has 1 N–H and O–H groups in total. The van der Waals surface area contributed by atoms with Gasteiger partial charge in [-0.15, -0.1) is 0 Å². The fourth-order valence-electron chi connectivity index (χ4n) is 3.17. The number of amides is 3. The zero-order valence-electron chi connectivity index (χ0n) is 14.2. The molecule has 0 aliphatic carbocycles. The molecule has 1 aromatic rings. The van der Waals surface area contributed by atoms with Gasteiger partial charge in [-0.3, -0.25) is 14.5 Å². The fourth-order valence-corrected chi connectivity index (χ4v) is 3.17. The van der Waals surface area contributed by atoms with E-state index >= 15 is 0 Å². The Morgan fingerprint density at radius 3 is 2.84 bits per heavy atom. The predicted octanol–water partition coefficient (Wildman–Crippen LogP) is 1.59. The number of hydrogen-bond donors (Lipinski definition) is 1. The molecule has 8 heteroatoms. The van der Waals surface area contributed by atoms with Gasteiger partial charge in [0.1, 0.15) is 11.9 Å². The van der Waals surface area contributed by atoms with Crippen molar-refractivity contribution >= 4 is 29.3 Å². The van der Waals surface area contributed by atoms with Crippen LogP contribution in [0.15, 0.2) is 12.1 Å². The zero-order chi connectivity index (χ0) is 18.1. The topological polar surface area (TPSA) is 79.0 Å². The quantitative estimate of drug-likeness (QED) is 0.875. The van der Waals surface area contributed by atoms with Crippen molar-refractivity contribution in [1.29, 1.82) is 0 Å². The van der Waals surface area contributed by atoms with Crippen LogP contribution in [0.1, 0.15) is 25.8 Å². The van der Waals surface area contributed by atoms with Gasteiger partial charge < -0.3 is 15.0 Å². The molecule has 1 aromatic carbocycles. The Kier molecular flexibility index (Phi) is 4.61. The van der Waals surface area contributed by atoms with E-state index in [1.165, 1.54) is 22.8 Å². The van der Waals surface area contributed by atoms with Crippen LogP contribution in [0.5, 0.6) is 0 Å². The molecule has 0 bridgehead atoms. The first-order valence-corrected chi connectivity index (χ1v) is 8.26. The Morgan fingerprint density at radius 2 is 2.16 bits per heavy atom. The van der Waals surface area contributed by atoms with Crippen LogP contribution in [0.25, 0.3) is 0 Å². The molecular formula is C17H20FN3O4. The van der Waals surface area contributed by atoms with Gasteiger partial charge >= 0.3 is 6.09 Å². The van der Waals surface area contributed by atoms with Crippen molar-refractivity contribution in [2.75, 3.05) is 29.4 Å². The molecule has 3 amide bonds. The number of fused-ring (bicyclic) bond motifs is 1. The summed E-state index contributed by atoms with van der Waals surface area (Å²) in [4.78, 5) is 37.9. The molecule has 0 spiro atoms. The monoisotopic (exact) mass is 349 g/mol. The van der Waals surface area contributed by atoms with E-state index in [2.05, 4.69) is 5.32 Å². The van der Waals surface area contributed by atoms with Crippen LogP contribution in [0.2, 0.25) is 0 Å². The van der Waals surface area contributed by atoms with Crippen LogP contribution >= 0.6 is 0 Å². The third kappa shape index (κ3) is 3.29. The number of benzene rings is 1. The molecule has 0 aromatic heterocycles. The van der Waals surface area contributed by atoms with Crippen molar-refractivity contribution in [3.63, 3.8) is 0 Å². The van der Waals surface area contributed by atoms with E-state index in [-0.39, 0.29) is 31.3 Å². The summed E-state index contributed by atoms with van der Waals surface area (Å²) in [6.45, 7) is 4.18. The number of anilines is 2. The van der Waals surface area contributed by atoms with Crippen LogP contribution < -0.4 is 15.1 Å². The second kappa shape index (κ2) is 6.70. The Morgan fingerprint density at radius 1 is 1.40 bits per heavy atom. The second-order valence-electron chi connectivity index (χ2n) is 6.21. The lowest BCUT2D eigenvalue weighted by molar-refractivity contribution is -0.119. The maximum absolute atomic E-state index is 14.6. The fraction of sp³-hybridized carbons (Fsp3) is 0.471. The van der Waals surface area contributed by atoms with Crippen LogP contribution in [0.4, 0.5) is 20.6 Å². The molecule has 7 nitrogen and oxygen atoms in total. The van der Waals surface area contributed by atoms with Gasteiger partial charge in [-0.2, -0.15) is 0 Å². The summed E-state index contributed by atoms with van der Waals surface area (Å²) >= 11 is 0. The predicted molar refractivity (Wildman–Crippen MR) is 89.0 cm³/mol. The highest BCUT2D eigenvalue weighted by Crippen LogP contribution is 2.36. The molecule has 2 aliphatic rings. The molecule has 0 saturated carbocycles. The Labute approximate surface area is 144 Å². The number of ether oxygens (including phenoxy) is 1. The van der Waals surface area contributed by atoms with Crippen LogP contribution in [-0.2, 0) is 20.7 Å². The number of nitrogens with one attached hydrogen (secondary N) is 1. The van der Waals surface area contributed by atoms with Gasteiger partial charge in [0, 0.05) is 13.5 Å². The van der Waals surface area contributed by atoms with Crippen molar-refractivity contribution in [1.82, 2.24) is 5.32 Å². The number of halogens is 1. The minimum absolute atomic E-state index is 0.123. The summed E-state index contributed by atoms with van der Waals surface area (Å²) in [5, 5.41) is 2.59. The molecule has 1 unspecified atom stereocenters. The Hall–Kier alpha value is -2.64. The van der Waals surface area contributed by atoms with Crippen LogP contribution in [-0.4, -0.2) is 43.6 Å². The highest BCUT2D eigenvalue weighted by Gasteiger charge is 2.35. The van der Waals surface area contributed by atoms with E-state index in [0.717, 1.165) is 6.42 Å². The summed E-state index contributed by atoms with van der Waals surface area (Å²) in [5.74, 6) is -0.877. The van der Waals surface area contributed by atoms with Crippen molar-refractivity contribution in [2.45, 2.75) is 32.8 Å². The number of hydrogen-bond acceptors (Lipinski definition) is 4. The summed E-state index contributed by atoms with van der Waals surface area (Å²) in [6, 6.07) is 2.91. The van der Waals surface area contributed by atoms with Gasteiger partial charge in [-0.25, -0.2) is 9.18 Å². The van der Waals surface area contributed by atoms with E-state index in [0.29, 0.717) is 23.5 Å². The summed E-state index contributed by atoms with van der Waals surface area (Å²) in [7, 11) is 0. The van der Waals surface area contributed by atoms with Crippen LogP contribution in [0.3, 0.4) is 0 Å². The lowest BCUT2D eigenvalue weighted by Gasteiger charge is -2.19. The number of carbonyl (C=O) groups excluding carboxylic acids is 3. The molecule has 1 saturated heterocycles. The number of cyclic esters (lactones) is 1. The molecule has 0 radical (unpaired) electrons. The van der Waals surface area contributed by atoms with E-state index < -0.39 is 18.0 Å². The normalized spacial score (nSPS) is 19.2. The lowest BCUT2D eigenvalue weighted by Crippen LogP contribution is -2.33. The molecular weight excluding hydrogens is 329 g/mol. The first-order valence-electron chi connectivity index (χ1n) is 8.26. The summed E-state index contributed by atoms with van der Waals surface area (Å²) in [5.41, 5.74) is 1.24. The van der Waals surface area contributed by atoms with Gasteiger partial charge in [0.05, 0.1) is 30.9 Å². The molecule has 1 atom stereocenters. The number of carbonyl (C=O) groups is 3. The van der Waals surface area contributed by atoms with E-state index in [9.17, 15) is 18.8 Å². The Balaban J connectivity index is 1.82. The molecule has 25 heavy (non-hydrogen) atoms. The molecule has 2 heterocycles. The highest BCUT2D eigenvalue weighted by molar-refractivity contribution is 6.02. The largest absolute Gasteiger partial charge is 0.442 e. The van der Waals surface area contributed by atoms with Crippen molar-refractivity contribution < 1.29 is 23.5 Å². The van der Waals surface area contributed by atoms with Crippen molar-refractivity contribution in [3.05, 3.63) is 23.5 Å². The van der Waals surface area contributed by atoms with Crippen LogP contribution in [0, 0.1) is 5.82 Å². The molecule has 1 fully saturated rings. The third-order valence-electron chi connectivity index (χ3n) is 4.25. The maximum atomic E-state index is 14.6. The van der Waals surface area contributed by atoms with E-state index in [1.807, 2.05) is 6.92 Å². The first kappa shape index (κ1) is 17.2. The molecule has 134 valence electrons. The average Bonchev–Trinajstić information content (AvgIpc) is 3.06. The van der Waals surface area contributed by atoms with Gasteiger partial charge in [0.25, 0.3) is 0 Å². The van der Waals surface area contributed by atoms with E-state index in [4.69, 9.17) is 4.74 Å². The standard InChI is InChI=1S/C17H20FN3O4/c1-3-4-20-15(23)6-11-5-12(7-14(18)16(11)20)21-9-13(25-17(21)24)8-19-10(2)22/h5,7,13H,3-4,6,8-9H2,1-2H3,(H,19,22). The summed E-state index contributed by atoms with van der Waals surface area (Å²) in [6.07, 6.45) is -0.233. The SMILES string of the molecule is CCCN1C(=O)Cc2cc(N3CC(CNC(C)=O)OC3=O)cc(F)c21. The van der Waals surface area contributed by atoms with Gasteiger partial charge in [0.2, 0.25) is 11.8 Å². The second-order valence-corrected chi connectivity index (χ2v) is 6.21. The van der Waals surface area contributed by atoms with Crippen molar-refractivity contribution in [2.24, 2.45) is 0 Å². The van der Waals surface area contributed by atoms with Gasteiger partial charge in [0.15, 0.2) is 0 Å². The molecule has 2 aliphatic heterocycles. The third-order valence-corrected chi connectivity index (χ3v) is 4.25. The minimum atomic E-state index is -0.593. The maximum Gasteiger partial charge on any atom is 0.414 e. The lowest BCUT2D eigenvalue weighted by atomic mass is 10.1. The minimum Gasteiger partial charge on any atom is -0.442 e. The van der Waals surface area contributed by atoms with Gasteiger partial charge in [-0.05, 0) is 24.1 Å². The zero-order valence-corrected chi connectivity index (χ0v) is 14.2. The number of nitrogens with zero attached hydrogens (tertiary/aromatic N) is 2. The first-order chi connectivity index (χ1) is 11.9. The smallest absolute Gasteiger partial charge is 0.414 e. The average molecular weight is 349 g/mol. The highest BCUT2D eigenvalue weighted by atomic mass is 19.1. The Bertz CT molecular complexity index is 737. The van der Waals surface area contributed by atoms with Crippen molar-refractivity contribution in [3.8, 4) is 0 Å². The summed E-state index contributed by atoms with van der Waals surface area (Å²) < 4.78 is 19.8. The van der Waals surface area contributed by atoms with E-state index in [1.54, 1.807) is 6.07 Å². The molecule has 3 rings (SSSR count). The van der Waals surface area contributed by atoms with Gasteiger partial charge in [-0.1, -0.05) is 6.92 Å². The number of rotatable bonds is 5.